The highest BCUT2D eigenvalue weighted by atomic mass is 16.5. The third-order valence-corrected chi connectivity index (χ3v) is 2.78. The van der Waals surface area contributed by atoms with E-state index in [1.807, 2.05) is 18.7 Å². The van der Waals surface area contributed by atoms with Gasteiger partial charge in [-0.05, 0) is 25.3 Å². The molecular weight excluding hydrogens is 190 g/mol. The zero-order valence-electron chi connectivity index (χ0n) is 9.06. The van der Waals surface area contributed by atoms with E-state index in [0.29, 0.717) is 0 Å². The third-order valence-electron chi connectivity index (χ3n) is 2.78. The Bertz CT molecular complexity index is 255. The molecule has 1 N–H and O–H groups in total. The summed E-state index contributed by atoms with van der Waals surface area (Å²) in [6, 6.07) is 0. The lowest BCUT2D eigenvalue weighted by atomic mass is 10.1. The van der Waals surface area contributed by atoms with Gasteiger partial charge in [0.15, 0.2) is 0 Å². The first-order chi connectivity index (χ1) is 7.45. The second-order valence-electron chi connectivity index (χ2n) is 4.09. The first kappa shape index (κ1) is 10.6. The van der Waals surface area contributed by atoms with Crippen molar-refractivity contribution in [3.05, 3.63) is 18.7 Å². The number of aromatic nitrogens is 2. The first-order valence-electron chi connectivity index (χ1n) is 5.69. The summed E-state index contributed by atoms with van der Waals surface area (Å²) in [5.74, 6) is 0.734. The van der Waals surface area contributed by atoms with Gasteiger partial charge in [0.2, 0.25) is 0 Å². The summed E-state index contributed by atoms with van der Waals surface area (Å²) in [5.41, 5.74) is 0. The minimum absolute atomic E-state index is 0.734. The molecule has 4 nitrogen and oxygen atoms in total. The number of hydrogen-bond donors (Lipinski definition) is 1. The Morgan fingerprint density at radius 3 is 3.27 bits per heavy atom. The molecule has 1 aliphatic rings. The third kappa shape index (κ3) is 3.64. The van der Waals surface area contributed by atoms with Crippen molar-refractivity contribution in [2.24, 2.45) is 5.92 Å². The minimum atomic E-state index is 0.734. The van der Waals surface area contributed by atoms with Gasteiger partial charge in [0.25, 0.3) is 0 Å². The van der Waals surface area contributed by atoms with Gasteiger partial charge in [-0.2, -0.15) is 0 Å². The quantitative estimate of drug-likeness (QED) is 0.707. The second kappa shape index (κ2) is 5.88. The number of rotatable bonds is 6. The van der Waals surface area contributed by atoms with Crippen molar-refractivity contribution in [1.29, 1.82) is 0 Å². The Morgan fingerprint density at radius 2 is 2.53 bits per heavy atom. The molecule has 4 heteroatoms. The van der Waals surface area contributed by atoms with Gasteiger partial charge in [0, 0.05) is 32.1 Å². The van der Waals surface area contributed by atoms with Crippen molar-refractivity contribution in [2.45, 2.75) is 19.4 Å². The van der Waals surface area contributed by atoms with Crippen molar-refractivity contribution >= 4 is 0 Å². The van der Waals surface area contributed by atoms with Gasteiger partial charge in [-0.3, -0.25) is 0 Å². The van der Waals surface area contributed by atoms with Crippen molar-refractivity contribution in [1.82, 2.24) is 14.9 Å². The molecule has 0 saturated carbocycles. The minimum Gasteiger partial charge on any atom is -0.381 e. The summed E-state index contributed by atoms with van der Waals surface area (Å²) in [4.78, 5) is 4.00. The van der Waals surface area contributed by atoms with Crippen LogP contribution in [0.2, 0.25) is 0 Å². The molecule has 2 heterocycles. The van der Waals surface area contributed by atoms with Crippen molar-refractivity contribution in [3.8, 4) is 0 Å². The van der Waals surface area contributed by atoms with Crippen LogP contribution in [0.1, 0.15) is 12.8 Å². The topological polar surface area (TPSA) is 39.1 Å². The molecular formula is C11H19N3O. The number of aryl methyl sites for hydroxylation is 1. The molecule has 2 rings (SSSR count). The SMILES string of the molecule is c1cn(CCCOCC2CCNC2)cn1. The van der Waals surface area contributed by atoms with Gasteiger partial charge >= 0.3 is 0 Å². The predicted molar refractivity (Wildman–Crippen MR) is 58.6 cm³/mol. The normalized spacial score (nSPS) is 20.9. The van der Waals surface area contributed by atoms with Gasteiger partial charge in [-0.1, -0.05) is 0 Å². The van der Waals surface area contributed by atoms with E-state index in [1.54, 1.807) is 0 Å². The second-order valence-corrected chi connectivity index (χ2v) is 4.09. The molecule has 0 spiro atoms. The molecule has 0 aromatic carbocycles. The molecule has 1 aromatic heterocycles. The van der Waals surface area contributed by atoms with Crippen LogP contribution in [0.25, 0.3) is 0 Å². The van der Waals surface area contributed by atoms with E-state index in [9.17, 15) is 0 Å². The van der Waals surface area contributed by atoms with Gasteiger partial charge in [0.1, 0.15) is 0 Å². The van der Waals surface area contributed by atoms with Crippen molar-refractivity contribution in [3.63, 3.8) is 0 Å². The first-order valence-corrected chi connectivity index (χ1v) is 5.69. The fourth-order valence-corrected chi connectivity index (χ4v) is 1.87. The Balaban J connectivity index is 1.48. The summed E-state index contributed by atoms with van der Waals surface area (Å²) < 4.78 is 7.73. The van der Waals surface area contributed by atoms with Crippen LogP contribution in [-0.2, 0) is 11.3 Å². The maximum Gasteiger partial charge on any atom is 0.0945 e. The molecule has 1 aromatic rings. The molecule has 0 aliphatic carbocycles. The number of ether oxygens (including phenoxy) is 1. The average molecular weight is 209 g/mol. The van der Waals surface area contributed by atoms with Crippen LogP contribution in [0.4, 0.5) is 0 Å². The molecule has 15 heavy (non-hydrogen) atoms. The standard InChI is InChI=1S/C11H19N3O/c1(5-14-6-4-13-10-14)7-15-9-11-2-3-12-8-11/h4,6,10-12H,1-3,5,7-9H2. The Kier molecular flexibility index (Phi) is 4.17. The number of nitrogens with one attached hydrogen (secondary N) is 1. The van der Waals surface area contributed by atoms with E-state index in [4.69, 9.17) is 4.74 Å². The zero-order valence-corrected chi connectivity index (χ0v) is 9.06. The van der Waals surface area contributed by atoms with E-state index in [-0.39, 0.29) is 0 Å². The van der Waals surface area contributed by atoms with E-state index in [1.165, 1.54) is 6.42 Å². The highest BCUT2D eigenvalue weighted by molar-refractivity contribution is 4.73. The van der Waals surface area contributed by atoms with Crippen LogP contribution in [0.5, 0.6) is 0 Å². The van der Waals surface area contributed by atoms with Crippen LogP contribution >= 0.6 is 0 Å². The van der Waals surface area contributed by atoms with Gasteiger partial charge in [-0.25, -0.2) is 4.98 Å². The smallest absolute Gasteiger partial charge is 0.0945 e. The summed E-state index contributed by atoms with van der Waals surface area (Å²) in [6.07, 6.45) is 7.98. The fraction of sp³-hybridized carbons (Fsp3) is 0.727. The van der Waals surface area contributed by atoms with Gasteiger partial charge < -0.3 is 14.6 Å². The largest absolute Gasteiger partial charge is 0.381 e. The molecule has 1 saturated heterocycles. The van der Waals surface area contributed by atoms with Crippen molar-refractivity contribution < 1.29 is 4.74 Å². The number of hydrogen-bond acceptors (Lipinski definition) is 3. The molecule has 0 bridgehead atoms. The van der Waals surface area contributed by atoms with E-state index in [2.05, 4.69) is 14.9 Å². The average Bonchev–Trinajstić information content (AvgIpc) is 2.88. The maximum absolute atomic E-state index is 5.64. The van der Waals surface area contributed by atoms with Crippen LogP contribution < -0.4 is 5.32 Å². The van der Waals surface area contributed by atoms with E-state index >= 15 is 0 Å². The Labute approximate surface area is 90.6 Å². The monoisotopic (exact) mass is 209 g/mol. The molecule has 84 valence electrons. The van der Waals surface area contributed by atoms with Crippen LogP contribution in [0, 0.1) is 5.92 Å². The Morgan fingerprint density at radius 1 is 1.53 bits per heavy atom. The van der Waals surface area contributed by atoms with E-state index < -0.39 is 0 Å². The number of imidazole rings is 1. The molecule has 0 amide bonds. The highest BCUT2D eigenvalue weighted by Gasteiger charge is 2.13. The van der Waals surface area contributed by atoms with E-state index in [0.717, 1.165) is 45.2 Å². The lowest BCUT2D eigenvalue weighted by Gasteiger charge is -2.09. The van der Waals surface area contributed by atoms with Crippen molar-refractivity contribution in [2.75, 3.05) is 26.3 Å². The molecule has 1 atom stereocenters. The van der Waals surface area contributed by atoms with Gasteiger partial charge in [0.05, 0.1) is 12.9 Å². The molecule has 1 fully saturated rings. The lowest BCUT2D eigenvalue weighted by Crippen LogP contribution is -2.14. The summed E-state index contributed by atoms with van der Waals surface area (Å²) in [7, 11) is 0. The van der Waals surface area contributed by atoms with Crippen LogP contribution in [-0.4, -0.2) is 35.9 Å². The lowest BCUT2D eigenvalue weighted by molar-refractivity contribution is 0.101. The van der Waals surface area contributed by atoms with Crippen LogP contribution in [0.3, 0.4) is 0 Å². The summed E-state index contributed by atoms with van der Waals surface area (Å²) in [6.45, 7) is 5.05. The molecule has 0 radical (unpaired) electrons. The zero-order chi connectivity index (χ0) is 10.3. The predicted octanol–water partition coefficient (Wildman–Crippen LogP) is 0.899. The Hall–Kier alpha value is -0.870. The summed E-state index contributed by atoms with van der Waals surface area (Å²) >= 11 is 0. The fourth-order valence-electron chi connectivity index (χ4n) is 1.87. The summed E-state index contributed by atoms with van der Waals surface area (Å²) in [5, 5.41) is 3.34. The highest BCUT2D eigenvalue weighted by Crippen LogP contribution is 2.07. The molecule has 1 aliphatic heterocycles. The maximum atomic E-state index is 5.64. The van der Waals surface area contributed by atoms with Gasteiger partial charge in [-0.15, -0.1) is 0 Å². The number of nitrogens with zero attached hydrogens (tertiary/aromatic N) is 2. The molecule has 1 unspecified atom stereocenters. The van der Waals surface area contributed by atoms with Crippen LogP contribution in [0.15, 0.2) is 18.7 Å².